The fourth-order valence-corrected chi connectivity index (χ4v) is 2.53. The maximum absolute atomic E-state index is 12.1. The first-order valence-electron chi connectivity index (χ1n) is 6.66. The van der Waals surface area contributed by atoms with Gasteiger partial charge in [-0.3, -0.25) is 29.8 Å². The molecule has 0 aliphatic rings. The lowest BCUT2D eigenvalue weighted by Crippen LogP contribution is -2.44. The summed E-state index contributed by atoms with van der Waals surface area (Å²) < 4.78 is 29.7. The summed E-state index contributed by atoms with van der Waals surface area (Å²) in [6.07, 6.45) is 0. The number of carbonyl (C=O) groups is 2. The number of amides is 2. The largest absolute Gasteiger partial charge is 0.435 e. The monoisotopic (exact) mass is 357 g/mol. The highest BCUT2D eigenvalue weighted by atomic mass is 32.1. The van der Waals surface area contributed by atoms with Gasteiger partial charge < -0.3 is 4.74 Å². The molecule has 2 N–H and O–H groups in total. The molecule has 0 atom stereocenters. The van der Waals surface area contributed by atoms with Gasteiger partial charge in [0.15, 0.2) is 0 Å². The van der Waals surface area contributed by atoms with Crippen molar-refractivity contribution in [3.05, 3.63) is 50.6 Å². The number of hydrogen-bond donors (Lipinski definition) is 2. The molecule has 0 saturated heterocycles. The van der Waals surface area contributed by atoms with Crippen molar-refractivity contribution in [1.82, 2.24) is 15.4 Å². The van der Waals surface area contributed by atoms with E-state index >= 15 is 0 Å². The van der Waals surface area contributed by atoms with E-state index in [9.17, 15) is 23.2 Å². The highest BCUT2D eigenvalue weighted by Gasteiger charge is 2.12. The van der Waals surface area contributed by atoms with E-state index in [1.165, 1.54) is 22.8 Å². The summed E-state index contributed by atoms with van der Waals surface area (Å²) in [6.45, 7) is -1.57. The second kappa shape index (κ2) is 7.68. The highest BCUT2D eigenvalue weighted by molar-refractivity contribution is 7.07. The number of thiazole rings is 1. The van der Waals surface area contributed by atoms with Gasteiger partial charge in [-0.15, -0.1) is 0 Å². The quantitative estimate of drug-likeness (QED) is 0.789. The standard InChI is InChI=1S/C14H13F2N3O4S/c1-8-7-24-14(22)19(8)6-11(20)17-18-12(21)9-3-2-4-10(5-9)23-13(15)16/h2-5,7,13H,6H2,1H3,(H,17,20)(H,18,21). The van der Waals surface area contributed by atoms with E-state index in [1.54, 1.807) is 12.3 Å². The molecule has 1 aromatic carbocycles. The molecule has 7 nitrogen and oxygen atoms in total. The zero-order valence-corrected chi connectivity index (χ0v) is 13.2. The molecule has 10 heteroatoms. The third-order valence-corrected chi connectivity index (χ3v) is 3.80. The van der Waals surface area contributed by atoms with Gasteiger partial charge in [-0.2, -0.15) is 8.78 Å². The molecule has 0 saturated carbocycles. The molecule has 0 unspecified atom stereocenters. The van der Waals surface area contributed by atoms with Crippen molar-refractivity contribution < 1.29 is 23.1 Å². The van der Waals surface area contributed by atoms with Crippen LogP contribution in [-0.2, 0) is 11.3 Å². The molecular formula is C14H13F2N3O4S. The van der Waals surface area contributed by atoms with Crippen LogP contribution in [0.1, 0.15) is 16.1 Å². The summed E-state index contributed by atoms with van der Waals surface area (Å²) in [4.78, 5) is 34.9. The van der Waals surface area contributed by atoms with E-state index in [1.807, 2.05) is 0 Å². The number of ether oxygens (including phenoxy) is 1. The molecule has 0 fully saturated rings. The van der Waals surface area contributed by atoms with Crippen LogP contribution in [0.4, 0.5) is 8.78 Å². The zero-order valence-electron chi connectivity index (χ0n) is 12.4. The van der Waals surface area contributed by atoms with Gasteiger partial charge in [-0.05, 0) is 25.1 Å². The number of nitrogens with zero attached hydrogens (tertiary/aromatic N) is 1. The maximum atomic E-state index is 12.1. The first-order chi connectivity index (χ1) is 11.4. The van der Waals surface area contributed by atoms with Gasteiger partial charge in [0, 0.05) is 16.6 Å². The molecule has 0 spiro atoms. The van der Waals surface area contributed by atoms with Crippen molar-refractivity contribution in [2.75, 3.05) is 0 Å². The first-order valence-corrected chi connectivity index (χ1v) is 7.54. The number of aromatic nitrogens is 1. The molecule has 0 bridgehead atoms. The van der Waals surface area contributed by atoms with Crippen molar-refractivity contribution in [3.63, 3.8) is 0 Å². The molecule has 2 rings (SSSR count). The predicted octanol–water partition coefficient (Wildman–Crippen LogP) is 1.28. The van der Waals surface area contributed by atoms with Gasteiger partial charge in [-0.1, -0.05) is 17.4 Å². The summed E-state index contributed by atoms with van der Waals surface area (Å²) in [6, 6.07) is 5.12. The maximum Gasteiger partial charge on any atom is 0.387 e. The summed E-state index contributed by atoms with van der Waals surface area (Å²) in [5.74, 6) is -1.49. The van der Waals surface area contributed by atoms with Crippen LogP contribution in [0.25, 0.3) is 0 Å². The van der Waals surface area contributed by atoms with Gasteiger partial charge in [0.05, 0.1) is 0 Å². The number of rotatable bonds is 5. The van der Waals surface area contributed by atoms with E-state index in [0.717, 1.165) is 17.4 Å². The van der Waals surface area contributed by atoms with Crippen molar-refractivity contribution >= 4 is 23.2 Å². The van der Waals surface area contributed by atoms with Gasteiger partial charge in [0.25, 0.3) is 11.8 Å². The first kappa shape index (κ1) is 17.6. The lowest BCUT2D eigenvalue weighted by Gasteiger charge is -2.09. The molecule has 128 valence electrons. The van der Waals surface area contributed by atoms with Crippen molar-refractivity contribution in [1.29, 1.82) is 0 Å². The fraction of sp³-hybridized carbons (Fsp3) is 0.214. The minimum Gasteiger partial charge on any atom is -0.435 e. The third-order valence-electron chi connectivity index (χ3n) is 2.92. The number of carbonyl (C=O) groups excluding carboxylic acids is 2. The number of aryl methyl sites for hydroxylation is 1. The Hall–Kier alpha value is -2.75. The number of benzene rings is 1. The molecule has 0 aliphatic carbocycles. The number of hydrazine groups is 1. The fourth-order valence-electron chi connectivity index (χ4n) is 1.79. The molecule has 24 heavy (non-hydrogen) atoms. The molecule has 2 aromatic rings. The van der Waals surface area contributed by atoms with E-state index in [4.69, 9.17) is 0 Å². The molecule has 1 heterocycles. The summed E-state index contributed by atoms with van der Waals surface area (Å²) in [5.41, 5.74) is 4.94. The molecule has 0 radical (unpaired) electrons. The summed E-state index contributed by atoms with van der Waals surface area (Å²) >= 11 is 0.966. The molecule has 1 aromatic heterocycles. The summed E-state index contributed by atoms with van der Waals surface area (Å²) in [7, 11) is 0. The third kappa shape index (κ3) is 4.62. The number of halogens is 2. The Labute approximate surface area is 138 Å². The second-order valence-electron chi connectivity index (χ2n) is 4.64. The lowest BCUT2D eigenvalue weighted by molar-refractivity contribution is -0.122. The van der Waals surface area contributed by atoms with Crippen LogP contribution < -0.4 is 20.5 Å². The summed E-state index contributed by atoms with van der Waals surface area (Å²) in [5, 5.41) is 1.61. The van der Waals surface area contributed by atoms with E-state index < -0.39 is 18.4 Å². The van der Waals surface area contributed by atoms with Crippen LogP contribution in [0.3, 0.4) is 0 Å². The van der Waals surface area contributed by atoms with Crippen LogP contribution in [0.5, 0.6) is 5.75 Å². The smallest absolute Gasteiger partial charge is 0.387 e. The Balaban J connectivity index is 1.93. The lowest BCUT2D eigenvalue weighted by atomic mass is 10.2. The van der Waals surface area contributed by atoms with Gasteiger partial charge >= 0.3 is 11.5 Å². The van der Waals surface area contributed by atoms with Crippen molar-refractivity contribution in [3.8, 4) is 5.75 Å². The second-order valence-corrected chi connectivity index (χ2v) is 5.46. The van der Waals surface area contributed by atoms with E-state index in [0.29, 0.717) is 5.69 Å². The van der Waals surface area contributed by atoms with Crippen LogP contribution in [0.2, 0.25) is 0 Å². The normalized spacial score (nSPS) is 10.5. The average molecular weight is 357 g/mol. The van der Waals surface area contributed by atoms with Gasteiger partial charge in [0.1, 0.15) is 12.3 Å². The van der Waals surface area contributed by atoms with Crippen molar-refractivity contribution in [2.24, 2.45) is 0 Å². The van der Waals surface area contributed by atoms with E-state index in [2.05, 4.69) is 15.6 Å². The van der Waals surface area contributed by atoms with E-state index in [-0.39, 0.29) is 22.7 Å². The van der Waals surface area contributed by atoms with Crippen LogP contribution in [0, 0.1) is 6.92 Å². The highest BCUT2D eigenvalue weighted by Crippen LogP contribution is 2.15. The molecule has 0 aliphatic heterocycles. The zero-order chi connectivity index (χ0) is 17.7. The Bertz CT molecular complexity index is 803. The average Bonchev–Trinajstić information content (AvgIpc) is 2.84. The van der Waals surface area contributed by atoms with Gasteiger partial charge in [-0.25, -0.2) is 0 Å². The topological polar surface area (TPSA) is 89.4 Å². The Kier molecular flexibility index (Phi) is 5.64. The minimum atomic E-state index is -3.00. The Morgan fingerprint density at radius 3 is 2.71 bits per heavy atom. The number of nitrogens with one attached hydrogen (secondary N) is 2. The molecule has 2 amide bonds. The SMILES string of the molecule is Cc1csc(=O)n1CC(=O)NNC(=O)c1cccc(OC(F)F)c1. The predicted molar refractivity (Wildman–Crippen MR) is 82.0 cm³/mol. The Morgan fingerprint density at radius 1 is 1.33 bits per heavy atom. The number of alkyl halides is 2. The number of hydrogen-bond acceptors (Lipinski definition) is 5. The van der Waals surface area contributed by atoms with Crippen LogP contribution in [-0.4, -0.2) is 23.0 Å². The van der Waals surface area contributed by atoms with Crippen LogP contribution in [0.15, 0.2) is 34.4 Å². The van der Waals surface area contributed by atoms with Crippen LogP contribution >= 0.6 is 11.3 Å². The van der Waals surface area contributed by atoms with Gasteiger partial charge in [0.2, 0.25) is 0 Å². The Morgan fingerprint density at radius 2 is 2.08 bits per heavy atom. The molecular weight excluding hydrogens is 344 g/mol. The van der Waals surface area contributed by atoms with Crippen molar-refractivity contribution in [2.45, 2.75) is 20.1 Å². The minimum absolute atomic E-state index is 0.0253.